The van der Waals surface area contributed by atoms with E-state index in [1.807, 2.05) is 12.1 Å². The van der Waals surface area contributed by atoms with E-state index in [-0.39, 0.29) is 17.2 Å². The van der Waals surface area contributed by atoms with E-state index in [0.29, 0.717) is 6.54 Å². The van der Waals surface area contributed by atoms with Crippen molar-refractivity contribution in [3.63, 3.8) is 0 Å². The van der Waals surface area contributed by atoms with Crippen LogP contribution >= 0.6 is 0 Å². The highest BCUT2D eigenvalue weighted by Crippen LogP contribution is 2.14. The lowest BCUT2D eigenvalue weighted by Crippen LogP contribution is -2.26. The molecule has 2 rings (SSSR count). The van der Waals surface area contributed by atoms with Crippen LogP contribution in [0.3, 0.4) is 0 Å². The van der Waals surface area contributed by atoms with Gasteiger partial charge in [-0.05, 0) is 35.9 Å². The summed E-state index contributed by atoms with van der Waals surface area (Å²) in [4.78, 5) is 17.5. The number of anilines is 1. The minimum Gasteiger partial charge on any atom is -0.396 e. The van der Waals surface area contributed by atoms with E-state index in [0.717, 1.165) is 11.6 Å². The smallest absolute Gasteiger partial charge is 0.254 e. The Bertz CT molecular complexity index is 586. The van der Waals surface area contributed by atoms with Gasteiger partial charge in [-0.15, -0.1) is 0 Å². The molecule has 0 fully saturated rings. The van der Waals surface area contributed by atoms with Crippen LogP contribution in [0, 0.1) is 5.82 Å². The van der Waals surface area contributed by atoms with Crippen molar-refractivity contribution in [3.8, 4) is 0 Å². The number of carbonyl (C=O) groups is 1. The number of nitrogens with zero attached hydrogens (tertiary/aromatic N) is 2. The number of carbonyl (C=O) groups excluding carboxylic acids is 1. The molecule has 1 amide bonds. The standard InChI is InChI=1S/C14H14FN3O/c1-18(9-10-4-6-17-7-5-10)14(19)11-2-3-13(16)12(15)8-11/h2-8H,9,16H2,1H3. The molecule has 0 aliphatic heterocycles. The summed E-state index contributed by atoms with van der Waals surface area (Å²) < 4.78 is 13.3. The molecule has 0 aliphatic carbocycles. The lowest BCUT2D eigenvalue weighted by Gasteiger charge is -2.17. The molecule has 2 N–H and O–H groups in total. The molecule has 0 spiro atoms. The zero-order valence-electron chi connectivity index (χ0n) is 10.5. The van der Waals surface area contributed by atoms with Crippen LogP contribution in [0.15, 0.2) is 42.7 Å². The van der Waals surface area contributed by atoms with E-state index >= 15 is 0 Å². The SMILES string of the molecule is CN(Cc1ccncc1)C(=O)c1ccc(N)c(F)c1. The summed E-state index contributed by atoms with van der Waals surface area (Å²) in [6.07, 6.45) is 3.33. The fourth-order valence-electron chi connectivity index (χ4n) is 1.71. The Labute approximate surface area is 110 Å². The van der Waals surface area contributed by atoms with Crippen LogP contribution in [-0.4, -0.2) is 22.8 Å². The van der Waals surface area contributed by atoms with Crippen molar-refractivity contribution in [1.29, 1.82) is 0 Å². The summed E-state index contributed by atoms with van der Waals surface area (Å²) in [6, 6.07) is 7.72. The number of pyridine rings is 1. The minimum absolute atomic E-state index is 0.0355. The van der Waals surface area contributed by atoms with Crippen LogP contribution in [0.5, 0.6) is 0 Å². The monoisotopic (exact) mass is 259 g/mol. The molecule has 4 nitrogen and oxygen atoms in total. The lowest BCUT2D eigenvalue weighted by atomic mass is 10.1. The van der Waals surface area contributed by atoms with Gasteiger partial charge in [-0.1, -0.05) is 0 Å². The van der Waals surface area contributed by atoms with Crippen LogP contribution in [0.25, 0.3) is 0 Å². The summed E-state index contributed by atoms with van der Waals surface area (Å²) in [6.45, 7) is 0.438. The van der Waals surface area contributed by atoms with E-state index in [9.17, 15) is 9.18 Å². The molecule has 1 aromatic carbocycles. The van der Waals surface area contributed by atoms with Gasteiger partial charge in [-0.25, -0.2) is 4.39 Å². The Balaban J connectivity index is 2.12. The summed E-state index contributed by atoms with van der Waals surface area (Å²) in [5, 5.41) is 0. The fourth-order valence-corrected chi connectivity index (χ4v) is 1.71. The topological polar surface area (TPSA) is 59.2 Å². The van der Waals surface area contributed by atoms with E-state index < -0.39 is 5.82 Å². The van der Waals surface area contributed by atoms with Crippen molar-refractivity contribution in [2.75, 3.05) is 12.8 Å². The normalized spacial score (nSPS) is 10.2. The molecule has 0 unspecified atom stereocenters. The molecule has 2 aromatic rings. The highest BCUT2D eigenvalue weighted by Gasteiger charge is 2.13. The number of nitrogen functional groups attached to an aromatic ring is 1. The van der Waals surface area contributed by atoms with E-state index in [4.69, 9.17) is 5.73 Å². The van der Waals surface area contributed by atoms with Crippen molar-refractivity contribution in [2.24, 2.45) is 0 Å². The Morgan fingerprint density at radius 1 is 1.32 bits per heavy atom. The van der Waals surface area contributed by atoms with Gasteiger partial charge in [0.1, 0.15) is 5.82 Å². The third-order valence-electron chi connectivity index (χ3n) is 2.76. The van der Waals surface area contributed by atoms with Gasteiger partial charge in [-0.3, -0.25) is 9.78 Å². The number of hydrogen-bond donors (Lipinski definition) is 1. The molecule has 0 atom stereocenters. The molecule has 0 saturated heterocycles. The fraction of sp³-hybridized carbons (Fsp3) is 0.143. The van der Waals surface area contributed by atoms with E-state index in [2.05, 4.69) is 4.98 Å². The average Bonchev–Trinajstić information content (AvgIpc) is 2.42. The van der Waals surface area contributed by atoms with Crippen molar-refractivity contribution < 1.29 is 9.18 Å². The van der Waals surface area contributed by atoms with E-state index in [1.165, 1.54) is 17.0 Å². The number of halogens is 1. The average molecular weight is 259 g/mol. The maximum absolute atomic E-state index is 13.3. The van der Waals surface area contributed by atoms with E-state index in [1.54, 1.807) is 19.4 Å². The molecule has 0 saturated carbocycles. The van der Waals surface area contributed by atoms with Gasteiger partial charge in [-0.2, -0.15) is 0 Å². The lowest BCUT2D eigenvalue weighted by molar-refractivity contribution is 0.0784. The summed E-state index contributed by atoms with van der Waals surface area (Å²) in [7, 11) is 1.66. The van der Waals surface area contributed by atoms with Crippen molar-refractivity contribution >= 4 is 11.6 Å². The van der Waals surface area contributed by atoms with Gasteiger partial charge in [0.15, 0.2) is 0 Å². The zero-order chi connectivity index (χ0) is 13.8. The Hall–Kier alpha value is -2.43. The van der Waals surface area contributed by atoms with Crippen molar-refractivity contribution in [1.82, 2.24) is 9.88 Å². The predicted molar refractivity (Wildman–Crippen MR) is 70.8 cm³/mol. The number of hydrogen-bond acceptors (Lipinski definition) is 3. The molecule has 0 bridgehead atoms. The van der Waals surface area contributed by atoms with Crippen molar-refractivity contribution in [3.05, 3.63) is 59.7 Å². The zero-order valence-corrected chi connectivity index (χ0v) is 10.5. The molecule has 1 heterocycles. The largest absolute Gasteiger partial charge is 0.396 e. The first-order chi connectivity index (χ1) is 9.08. The summed E-state index contributed by atoms with van der Waals surface area (Å²) >= 11 is 0. The second-order valence-electron chi connectivity index (χ2n) is 4.25. The van der Waals surface area contributed by atoms with Gasteiger partial charge >= 0.3 is 0 Å². The van der Waals surface area contributed by atoms with Gasteiger partial charge in [0, 0.05) is 31.5 Å². The van der Waals surface area contributed by atoms with Crippen LogP contribution in [-0.2, 0) is 6.54 Å². The number of nitrogens with two attached hydrogens (primary N) is 1. The van der Waals surface area contributed by atoms with Gasteiger partial charge in [0.2, 0.25) is 0 Å². The highest BCUT2D eigenvalue weighted by molar-refractivity contribution is 5.94. The predicted octanol–water partition coefficient (Wildman–Crippen LogP) is 2.08. The first-order valence-corrected chi connectivity index (χ1v) is 5.77. The first kappa shape index (κ1) is 13.0. The molecule has 19 heavy (non-hydrogen) atoms. The number of rotatable bonds is 3. The summed E-state index contributed by atoms with van der Waals surface area (Å²) in [5.74, 6) is -0.834. The number of aromatic nitrogens is 1. The quantitative estimate of drug-likeness (QED) is 0.858. The van der Waals surface area contributed by atoms with Crippen molar-refractivity contribution in [2.45, 2.75) is 6.54 Å². The van der Waals surface area contributed by atoms with Crippen LogP contribution in [0.1, 0.15) is 15.9 Å². The molecule has 1 aromatic heterocycles. The summed E-state index contributed by atoms with van der Waals surface area (Å²) in [5.41, 5.74) is 6.66. The number of amides is 1. The maximum Gasteiger partial charge on any atom is 0.254 e. The molecule has 0 aliphatic rings. The Morgan fingerprint density at radius 2 is 2.00 bits per heavy atom. The second-order valence-corrected chi connectivity index (χ2v) is 4.25. The minimum atomic E-state index is -0.580. The maximum atomic E-state index is 13.3. The van der Waals surface area contributed by atoms with Gasteiger partial charge in [0.25, 0.3) is 5.91 Å². The Kier molecular flexibility index (Phi) is 3.75. The molecule has 98 valence electrons. The van der Waals surface area contributed by atoms with Crippen LogP contribution in [0.2, 0.25) is 0 Å². The third kappa shape index (κ3) is 3.07. The molecular formula is C14H14FN3O. The Morgan fingerprint density at radius 3 is 2.63 bits per heavy atom. The second kappa shape index (κ2) is 5.48. The molecule has 5 heteroatoms. The third-order valence-corrected chi connectivity index (χ3v) is 2.76. The molecular weight excluding hydrogens is 245 g/mol. The van der Waals surface area contributed by atoms with Crippen LogP contribution < -0.4 is 5.73 Å². The van der Waals surface area contributed by atoms with Crippen LogP contribution in [0.4, 0.5) is 10.1 Å². The van der Waals surface area contributed by atoms with Gasteiger partial charge in [0.05, 0.1) is 5.69 Å². The first-order valence-electron chi connectivity index (χ1n) is 5.77. The molecule has 0 radical (unpaired) electrons. The highest BCUT2D eigenvalue weighted by atomic mass is 19.1. The van der Waals surface area contributed by atoms with Gasteiger partial charge < -0.3 is 10.6 Å². The number of benzene rings is 1.